The summed E-state index contributed by atoms with van der Waals surface area (Å²) in [6.07, 6.45) is 1.52. The molecule has 3 nitrogen and oxygen atoms in total. The van der Waals surface area contributed by atoms with Crippen LogP contribution in [-0.2, 0) is 4.79 Å². The predicted molar refractivity (Wildman–Crippen MR) is 106 cm³/mol. The number of benzene rings is 2. The van der Waals surface area contributed by atoms with E-state index < -0.39 is 12.0 Å². The number of carboxylic acid groups (broad SMARTS) is 1. The molecule has 0 aliphatic carbocycles. The predicted octanol–water partition coefficient (Wildman–Crippen LogP) is 5.76. The average Bonchev–Trinajstić information content (AvgIpc) is 3.07. The van der Waals surface area contributed by atoms with E-state index in [9.17, 15) is 9.90 Å². The van der Waals surface area contributed by atoms with Crippen molar-refractivity contribution in [2.75, 3.05) is 6.54 Å². The zero-order valence-electron chi connectivity index (χ0n) is 15.0. The number of rotatable bonds is 5. The van der Waals surface area contributed by atoms with Gasteiger partial charge in [-0.25, -0.2) is 0 Å². The Kier molecular flexibility index (Phi) is 5.91. The molecule has 0 radical (unpaired) electrons. The molecule has 2 atom stereocenters. The maximum absolute atomic E-state index is 11.8. The zero-order valence-corrected chi connectivity index (χ0v) is 16.5. The lowest BCUT2D eigenvalue weighted by molar-refractivity contribution is -0.142. The van der Waals surface area contributed by atoms with Crippen LogP contribution in [0.4, 0.5) is 0 Å². The summed E-state index contributed by atoms with van der Waals surface area (Å²) >= 11 is 12.6. The number of hydrogen-bond donors (Lipinski definition) is 1. The lowest BCUT2D eigenvalue weighted by atomic mass is 9.93. The summed E-state index contributed by atoms with van der Waals surface area (Å²) < 4.78 is 0. The summed E-state index contributed by atoms with van der Waals surface area (Å²) in [5, 5.41) is 10.8. The van der Waals surface area contributed by atoms with Crippen molar-refractivity contribution in [2.45, 2.75) is 44.7 Å². The molecular weight excluding hydrogens is 369 g/mol. The number of halogens is 2. The summed E-state index contributed by atoms with van der Waals surface area (Å²) in [5.41, 5.74) is 3.19. The summed E-state index contributed by atoms with van der Waals surface area (Å²) in [6, 6.07) is 13.1. The van der Waals surface area contributed by atoms with Gasteiger partial charge >= 0.3 is 5.97 Å². The SMILES string of the molecule is CC(C)c1ccc(C(c2ccc(Cl)cc2Cl)N2CCCC2C(=O)O)cc1. The molecule has 5 heteroatoms. The van der Waals surface area contributed by atoms with Crippen molar-refractivity contribution in [3.63, 3.8) is 0 Å². The third kappa shape index (κ3) is 3.90. The van der Waals surface area contributed by atoms with E-state index in [1.54, 1.807) is 6.07 Å². The molecule has 1 N–H and O–H groups in total. The Hall–Kier alpha value is -1.55. The van der Waals surface area contributed by atoms with Crippen molar-refractivity contribution in [2.24, 2.45) is 0 Å². The summed E-state index contributed by atoms with van der Waals surface area (Å²) in [5.74, 6) is -0.337. The van der Waals surface area contributed by atoms with Crippen molar-refractivity contribution in [1.82, 2.24) is 4.90 Å². The lowest BCUT2D eigenvalue weighted by Gasteiger charge is -2.32. The first-order chi connectivity index (χ1) is 12.4. The van der Waals surface area contributed by atoms with Crippen LogP contribution in [0.3, 0.4) is 0 Å². The van der Waals surface area contributed by atoms with Crippen molar-refractivity contribution >= 4 is 29.2 Å². The molecule has 1 heterocycles. The molecular formula is C21H23Cl2NO2. The van der Waals surface area contributed by atoms with Crippen LogP contribution in [0.15, 0.2) is 42.5 Å². The van der Waals surface area contributed by atoms with Crippen LogP contribution < -0.4 is 0 Å². The van der Waals surface area contributed by atoms with Crippen molar-refractivity contribution in [3.8, 4) is 0 Å². The Morgan fingerprint density at radius 2 is 1.77 bits per heavy atom. The molecule has 0 bridgehead atoms. The van der Waals surface area contributed by atoms with Crippen LogP contribution in [0.25, 0.3) is 0 Å². The van der Waals surface area contributed by atoms with Gasteiger partial charge in [-0.05, 0) is 47.6 Å². The quantitative estimate of drug-likeness (QED) is 0.704. The number of hydrogen-bond acceptors (Lipinski definition) is 2. The second-order valence-electron chi connectivity index (χ2n) is 7.12. The van der Waals surface area contributed by atoms with Gasteiger partial charge in [0.05, 0.1) is 6.04 Å². The van der Waals surface area contributed by atoms with Gasteiger partial charge in [0, 0.05) is 16.6 Å². The molecule has 1 saturated heterocycles. The van der Waals surface area contributed by atoms with E-state index in [4.69, 9.17) is 23.2 Å². The number of nitrogens with zero attached hydrogens (tertiary/aromatic N) is 1. The van der Waals surface area contributed by atoms with E-state index in [2.05, 4.69) is 38.1 Å². The monoisotopic (exact) mass is 391 g/mol. The van der Waals surface area contributed by atoms with E-state index in [1.807, 2.05) is 17.0 Å². The minimum atomic E-state index is -0.781. The zero-order chi connectivity index (χ0) is 18.8. The minimum absolute atomic E-state index is 0.204. The maximum atomic E-state index is 11.8. The highest BCUT2D eigenvalue weighted by Gasteiger charge is 2.37. The summed E-state index contributed by atoms with van der Waals surface area (Å²) in [6.45, 7) is 5.04. The fourth-order valence-electron chi connectivity index (χ4n) is 3.70. The number of carbonyl (C=O) groups is 1. The molecule has 1 aliphatic heterocycles. The van der Waals surface area contributed by atoms with Crippen LogP contribution >= 0.6 is 23.2 Å². The van der Waals surface area contributed by atoms with Gasteiger partial charge in [0.2, 0.25) is 0 Å². The fraction of sp³-hybridized carbons (Fsp3) is 0.381. The topological polar surface area (TPSA) is 40.5 Å². The van der Waals surface area contributed by atoms with Gasteiger partial charge in [-0.2, -0.15) is 0 Å². The molecule has 1 fully saturated rings. The Labute approximate surface area is 164 Å². The van der Waals surface area contributed by atoms with Crippen LogP contribution in [0.1, 0.15) is 55.3 Å². The van der Waals surface area contributed by atoms with Gasteiger partial charge in [0.25, 0.3) is 0 Å². The normalized spacial score (nSPS) is 19.0. The molecule has 0 saturated carbocycles. The van der Waals surface area contributed by atoms with Gasteiger partial charge in [-0.1, -0.05) is 67.4 Å². The van der Waals surface area contributed by atoms with E-state index in [0.717, 1.165) is 24.1 Å². The molecule has 0 aromatic heterocycles. The Bertz CT molecular complexity index is 789. The Balaban J connectivity index is 2.08. The van der Waals surface area contributed by atoms with Crippen molar-refractivity contribution in [1.29, 1.82) is 0 Å². The van der Waals surface area contributed by atoms with Crippen LogP contribution in [0.2, 0.25) is 10.0 Å². The first kappa shape index (κ1) is 19.2. The number of aliphatic carboxylic acids is 1. The van der Waals surface area contributed by atoms with Gasteiger partial charge < -0.3 is 5.11 Å². The fourth-order valence-corrected chi connectivity index (χ4v) is 4.21. The van der Waals surface area contributed by atoms with E-state index in [1.165, 1.54) is 5.56 Å². The van der Waals surface area contributed by atoms with Crippen molar-refractivity contribution < 1.29 is 9.90 Å². The second-order valence-corrected chi connectivity index (χ2v) is 7.97. The summed E-state index contributed by atoms with van der Waals surface area (Å²) in [4.78, 5) is 13.8. The highest BCUT2D eigenvalue weighted by atomic mass is 35.5. The van der Waals surface area contributed by atoms with Crippen LogP contribution in [0, 0.1) is 0 Å². The first-order valence-corrected chi connectivity index (χ1v) is 9.67. The highest BCUT2D eigenvalue weighted by molar-refractivity contribution is 6.35. The molecule has 138 valence electrons. The summed E-state index contributed by atoms with van der Waals surface area (Å²) in [7, 11) is 0. The number of carboxylic acids is 1. The molecule has 0 spiro atoms. The van der Waals surface area contributed by atoms with Crippen LogP contribution in [0.5, 0.6) is 0 Å². The van der Waals surface area contributed by atoms with Gasteiger partial charge in [-0.15, -0.1) is 0 Å². The molecule has 0 amide bonds. The van der Waals surface area contributed by atoms with Gasteiger partial charge in [0.1, 0.15) is 6.04 Å². The number of likely N-dealkylation sites (tertiary alicyclic amines) is 1. The molecule has 1 aliphatic rings. The lowest BCUT2D eigenvalue weighted by Crippen LogP contribution is -2.39. The average molecular weight is 392 g/mol. The van der Waals surface area contributed by atoms with Gasteiger partial charge in [-0.3, -0.25) is 9.69 Å². The molecule has 2 aromatic carbocycles. The standard InChI is InChI=1S/C21H23Cl2NO2/c1-13(2)14-5-7-15(8-6-14)20(17-10-9-16(22)12-18(17)23)24-11-3-4-19(24)21(25)26/h5-10,12-13,19-20H,3-4,11H2,1-2H3,(H,25,26). The first-order valence-electron chi connectivity index (χ1n) is 8.92. The smallest absolute Gasteiger partial charge is 0.320 e. The van der Waals surface area contributed by atoms with Crippen LogP contribution in [-0.4, -0.2) is 28.6 Å². The van der Waals surface area contributed by atoms with E-state index >= 15 is 0 Å². The Morgan fingerprint density at radius 1 is 1.12 bits per heavy atom. The molecule has 3 rings (SSSR count). The maximum Gasteiger partial charge on any atom is 0.320 e. The van der Waals surface area contributed by atoms with Crippen molar-refractivity contribution in [3.05, 3.63) is 69.2 Å². The van der Waals surface area contributed by atoms with E-state index in [-0.39, 0.29) is 6.04 Å². The second kappa shape index (κ2) is 7.99. The third-order valence-corrected chi connectivity index (χ3v) is 5.65. The molecule has 2 unspecified atom stereocenters. The van der Waals surface area contributed by atoms with Gasteiger partial charge in [0.15, 0.2) is 0 Å². The largest absolute Gasteiger partial charge is 0.480 e. The highest BCUT2D eigenvalue weighted by Crippen LogP contribution is 2.39. The minimum Gasteiger partial charge on any atom is -0.480 e. The third-order valence-electron chi connectivity index (χ3n) is 5.09. The molecule has 2 aromatic rings. The molecule has 26 heavy (non-hydrogen) atoms. The van der Waals surface area contributed by atoms with E-state index in [0.29, 0.717) is 22.4 Å². The Morgan fingerprint density at radius 3 is 2.35 bits per heavy atom.